The number of para-hydroxylation sites is 1. The maximum atomic E-state index is 12.5. The first-order valence-corrected chi connectivity index (χ1v) is 8.52. The SMILES string of the molecule is N=C1SC(CC(=O)Nc2cccc([N+](=O)[O-])c2)C(=O)N1c1ccccc1. The highest BCUT2D eigenvalue weighted by Gasteiger charge is 2.39. The van der Waals surface area contributed by atoms with Crippen molar-refractivity contribution in [1.82, 2.24) is 0 Å². The number of amidine groups is 1. The molecule has 0 radical (unpaired) electrons. The molecule has 1 aliphatic heterocycles. The minimum Gasteiger partial charge on any atom is -0.326 e. The van der Waals surface area contributed by atoms with Crippen molar-refractivity contribution < 1.29 is 14.5 Å². The summed E-state index contributed by atoms with van der Waals surface area (Å²) in [4.78, 5) is 36.3. The summed E-state index contributed by atoms with van der Waals surface area (Å²) in [5.74, 6) is -0.778. The van der Waals surface area contributed by atoms with Crippen LogP contribution in [0.1, 0.15) is 6.42 Å². The summed E-state index contributed by atoms with van der Waals surface area (Å²) in [6.07, 6.45) is -0.127. The van der Waals surface area contributed by atoms with Crippen LogP contribution in [-0.2, 0) is 9.59 Å². The van der Waals surface area contributed by atoms with Gasteiger partial charge in [-0.3, -0.25) is 30.0 Å². The van der Waals surface area contributed by atoms with E-state index in [0.29, 0.717) is 5.69 Å². The Balaban J connectivity index is 1.67. The third-order valence-corrected chi connectivity index (χ3v) is 4.74. The van der Waals surface area contributed by atoms with Gasteiger partial charge in [0.1, 0.15) is 5.25 Å². The quantitative estimate of drug-likeness (QED) is 0.620. The molecule has 1 aliphatic rings. The van der Waals surface area contributed by atoms with Crippen LogP contribution in [0.4, 0.5) is 17.1 Å². The average molecular weight is 370 g/mol. The van der Waals surface area contributed by atoms with E-state index in [1.54, 1.807) is 24.3 Å². The van der Waals surface area contributed by atoms with Gasteiger partial charge in [-0.25, -0.2) is 0 Å². The van der Waals surface area contributed by atoms with Gasteiger partial charge in [0.25, 0.3) is 5.69 Å². The van der Waals surface area contributed by atoms with Crippen LogP contribution < -0.4 is 10.2 Å². The lowest BCUT2D eigenvalue weighted by atomic mass is 10.2. The molecule has 2 aromatic rings. The van der Waals surface area contributed by atoms with E-state index in [2.05, 4.69) is 5.32 Å². The van der Waals surface area contributed by atoms with Crippen molar-refractivity contribution in [3.8, 4) is 0 Å². The summed E-state index contributed by atoms with van der Waals surface area (Å²) < 4.78 is 0. The maximum Gasteiger partial charge on any atom is 0.271 e. The Labute approximate surface area is 152 Å². The number of hydrogen-bond donors (Lipinski definition) is 2. The summed E-state index contributed by atoms with van der Waals surface area (Å²) >= 11 is 1.01. The molecule has 0 aromatic heterocycles. The second kappa shape index (κ2) is 7.36. The topological polar surface area (TPSA) is 116 Å². The highest BCUT2D eigenvalue weighted by molar-refractivity contribution is 8.16. The number of carbonyl (C=O) groups excluding carboxylic acids is 2. The molecule has 1 fully saturated rings. The van der Waals surface area contributed by atoms with Gasteiger partial charge in [0.15, 0.2) is 5.17 Å². The second-order valence-corrected chi connectivity index (χ2v) is 6.67. The first-order valence-electron chi connectivity index (χ1n) is 7.64. The van der Waals surface area contributed by atoms with E-state index in [0.717, 1.165) is 11.8 Å². The zero-order valence-electron chi connectivity index (χ0n) is 13.4. The van der Waals surface area contributed by atoms with Gasteiger partial charge in [0.2, 0.25) is 11.8 Å². The lowest BCUT2D eigenvalue weighted by molar-refractivity contribution is -0.384. The van der Waals surface area contributed by atoms with Gasteiger partial charge in [0.05, 0.1) is 10.6 Å². The number of nitro groups is 1. The predicted molar refractivity (Wildman–Crippen MR) is 99.4 cm³/mol. The van der Waals surface area contributed by atoms with Gasteiger partial charge in [0, 0.05) is 24.2 Å². The Hall–Kier alpha value is -3.20. The molecule has 9 heteroatoms. The van der Waals surface area contributed by atoms with Crippen molar-refractivity contribution in [3.63, 3.8) is 0 Å². The summed E-state index contributed by atoms with van der Waals surface area (Å²) in [7, 11) is 0. The minimum absolute atomic E-state index is 0.0642. The zero-order chi connectivity index (χ0) is 18.7. The molecule has 2 N–H and O–H groups in total. The Kier molecular flexibility index (Phi) is 4.99. The summed E-state index contributed by atoms with van der Waals surface area (Å²) in [6, 6.07) is 14.4. The van der Waals surface area contributed by atoms with Crippen molar-refractivity contribution >= 4 is 45.8 Å². The zero-order valence-corrected chi connectivity index (χ0v) is 14.2. The summed E-state index contributed by atoms with van der Waals surface area (Å²) in [5, 5.41) is 20.7. The van der Waals surface area contributed by atoms with E-state index >= 15 is 0 Å². The van der Waals surface area contributed by atoms with Gasteiger partial charge in [-0.05, 0) is 18.2 Å². The first kappa shape index (κ1) is 17.6. The van der Waals surface area contributed by atoms with Crippen LogP contribution in [0.15, 0.2) is 54.6 Å². The van der Waals surface area contributed by atoms with E-state index in [-0.39, 0.29) is 28.9 Å². The third kappa shape index (κ3) is 3.72. The number of nitrogens with zero attached hydrogens (tertiary/aromatic N) is 2. The molecule has 1 heterocycles. The Bertz CT molecular complexity index is 887. The van der Waals surface area contributed by atoms with Crippen molar-refractivity contribution in [2.24, 2.45) is 0 Å². The van der Waals surface area contributed by atoms with E-state index in [1.165, 1.54) is 29.2 Å². The number of thioether (sulfide) groups is 1. The fourth-order valence-corrected chi connectivity index (χ4v) is 3.52. The van der Waals surface area contributed by atoms with E-state index < -0.39 is 16.1 Å². The lowest BCUT2D eigenvalue weighted by Gasteiger charge is -2.15. The van der Waals surface area contributed by atoms with Gasteiger partial charge >= 0.3 is 0 Å². The highest BCUT2D eigenvalue weighted by atomic mass is 32.2. The highest BCUT2D eigenvalue weighted by Crippen LogP contribution is 2.32. The monoisotopic (exact) mass is 370 g/mol. The number of nitrogens with one attached hydrogen (secondary N) is 2. The first-order chi connectivity index (χ1) is 12.5. The largest absolute Gasteiger partial charge is 0.326 e. The predicted octanol–water partition coefficient (Wildman–Crippen LogP) is 3.01. The minimum atomic E-state index is -0.707. The van der Waals surface area contributed by atoms with Crippen molar-refractivity contribution in [2.75, 3.05) is 10.2 Å². The molecular formula is C17H14N4O4S. The molecule has 26 heavy (non-hydrogen) atoms. The number of anilines is 2. The molecule has 8 nitrogen and oxygen atoms in total. The van der Waals surface area contributed by atoms with E-state index in [1.807, 2.05) is 6.07 Å². The molecule has 0 saturated carbocycles. The fraction of sp³-hybridized carbons (Fsp3) is 0.118. The molecular weight excluding hydrogens is 356 g/mol. The maximum absolute atomic E-state index is 12.5. The van der Waals surface area contributed by atoms with Crippen LogP contribution in [-0.4, -0.2) is 27.2 Å². The van der Waals surface area contributed by atoms with Crippen LogP contribution in [0.5, 0.6) is 0 Å². The van der Waals surface area contributed by atoms with Gasteiger partial charge in [-0.2, -0.15) is 0 Å². The number of amides is 2. The van der Waals surface area contributed by atoms with E-state index in [4.69, 9.17) is 5.41 Å². The molecule has 132 valence electrons. The van der Waals surface area contributed by atoms with Gasteiger partial charge < -0.3 is 5.32 Å². The summed E-state index contributed by atoms with van der Waals surface area (Å²) in [6.45, 7) is 0. The number of hydrogen-bond acceptors (Lipinski definition) is 6. The molecule has 0 bridgehead atoms. The van der Waals surface area contributed by atoms with Crippen LogP contribution in [0.3, 0.4) is 0 Å². The summed E-state index contributed by atoms with van der Waals surface area (Å²) in [5.41, 5.74) is 0.734. The van der Waals surface area contributed by atoms with Crippen LogP contribution in [0.2, 0.25) is 0 Å². The second-order valence-electron chi connectivity index (χ2n) is 5.48. The van der Waals surface area contributed by atoms with Gasteiger partial charge in [-0.1, -0.05) is 36.0 Å². The van der Waals surface area contributed by atoms with Crippen LogP contribution in [0.25, 0.3) is 0 Å². The Morgan fingerprint density at radius 3 is 2.65 bits per heavy atom. The van der Waals surface area contributed by atoms with Crippen molar-refractivity contribution in [2.45, 2.75) is 11.7 Å². The molecule has 2 amide bonds. The Morgan fingerprint density at radius 1 is 1.23 bits per heavy atom. The average Bonchev–Trinajstić information content (AvgIpc) is 2.89. The molecule has 1 atom stereocenters. The molecule has 1 unspecified atom stereocenters. The Morgan fingerprint density at radius 2 is 1.96 bits per heavy atom. The fourth-order valence-electron chi connectivity index (χ4n) is 2.51. The smallest absolute Gasteiger partial charge is 0.271 e. The number of non-ortho nitro benzene ring substituents is 1. The number of rotatable bonds is 5. The van der Waals surface area contributed by atoms with Crippen LogP contribution >= 0.6 is 11.8 Å². The number of carbonyl (C=O) groups is 2. The van der Waals surface area contributed by atoms with Crippen molar-refractivity contribution in [1.29, 1.82) is 5.41 Å². The third-order valence-electron chi connectivity index (χ3n) is 3.68. The molecule has 0 aliphatic carbocycles. The van der Waals surface area contributed by atoms with Gasteiger partial charge in [-0.15, -0.1) is 0 Å². The number of benzene rings is 2. The molecule has 2 aromatic carbocycles. The molecule has 0 spiro atoms. The van der Waals surface area contributed by atoms with Crippen molar-refractivity contribution in [3.05, 3.63) is 64.7 Å². The standard InChI is InChI=1S/C17H14N4O4S/c18-17-20(12-6-2-1-3-7-12)16(23)14(26-17)10-15(22)19-11-5-4-8-13(9-11)21(24)25/h1-9,14,18H,10H2,(H,19,22). The molecule has 3 rings (SSSR count). The normalized spacial score (nSPS) is 16.6. The van der Waals surface area contributed by atoms with E-state index in [9.17, 15) is 19.7 Å². The molecule has 1 saturated heterocycles. The number of nitro benzene ring substituents is 1. The lowest BCUT2D eigenvalue weighted by Crippen LogP contribution is -2.33. The van der Waals surface area contributed by atoms with Crippen LogP contribution in [0, 0.1) is 15.5 Å².